The summed E-state index contributed by atoms with van der Waals surface area (Å²) in [6.45, 7) is 4.40. The lowest BCUT2D eigenvalue weighted by atomic mass is 10.1. The van der Waals surface area contributed by atoms with Gasteiger partial charge in [0.2, 0.25) is 5.13 Å². The number of alkyl halides is 3. The third-order valence-corrected chi connectivity index (χ3v) is 5.55. The van der Waals surface area contributed by atoms with Crippen molar-refractivity contribution in [3.63, 3.8) is 0 Å². The number of aromatic nitrogens is 3. The summed E-state index contributed by atoms with van der Waals surface area (Å²) in [5.74, 6) is 1.86. The highest BCUT2D eigenvalue weighted by atomic mass is 32.1. The number of pyridine rings is 1. The second-order valence-electron chi connectivity index (χ2n) is 6.24. The standard InChI is InChI=1S/C15H16F3N5S/c1-9-20-14(24-21-9)23-5-4-10-7-22(8-12(10)23)13-3-2-11(6-19-13)15(16,17)18/h2-3,6,10,12H,4-5,7-8H2,1H3. The summed E-state index contributed by atoms with van der Waals surface area (Å²) >= 11 is 1.40. The molecule has 5 nitrogen and oxygen atoms in total. The first kappa shape index (κ1) is 15.6. The minimum Gasteiger partial charge on any atom is -0.354 e. The van der Waals surface area contributed by atoms with Crippen LogP contribution in [0.15, 0.2) is 18.3 Å². The maximum absolute atomic E-state index is 12.7. The van der Waals surface area contributed by atoms with E-state index in [1.165, 1.54) is 17.6 Å². The van der Waals surface area contributed by atoms with Crippen molar-refractivity contribution in [3.8, 4) is 0 Å². The molecule has 2 saturated heterocycles. The first-order valence-electron chi connectivity index (χ1n) is 7.77. The molecule has 2 unspecified atom stereocenters. The van der Waals surface area contributed by atoms with Crippen molar-refractivity contribution in [1.29, 1.82) is 0 Å². The molecule has 0 radical (unpaired) electrons. The summed E-state index contributed by atoms with van der Waals surface area (Å²) in [4.78, 5) is 12.8. The number of anilines is 2. The molecule has 4 rings (SSSR count). The molecule has 0 aliphatic carbocycles. The van der Waals surface area contributed by atoms with Crippen molar-refractivity contribution in [2.75, 3.05) is 29.4 Å². The van der Waals surface area contributed by atoms with E-state index in [0.29, 0.717) is 17.8 Å². The monoisotopic (exact) mass is 355 g/mol. The first-order chi connectivity index (χ1) is 11.4. The third-order valence-electron chi connectivity index (χ3n) is 4.71. The lowest BCUT2D eigenvalue weighted by molar-refractivity contribution is -0.137. The van der Waals surface area contributed by atoms with E-state index in [0.717, 1.165) is 49.3 Å². The highest BCUT2D eigenvalue weighted by Gasteiger charge is 2.43. The Hall–Kier alpha value is -1.90. The van der Waals surface area contributed by atoms with Crippen LogP contribution in [0.25, 0.3) is 0 Å². The molecule has 0 amide bonds. The molecular weight excluding hydrogens is 339 g/mol. The fraction of sp³-hybridized carbons (Fsp3) is 0.533. The number of fused-ring (bicyclic) bond motifs is 1. The zero-order chi connectivity index (χ0) is 16.9. The molecular formula is C15H16F3N5S. The van der Waals surface area contributed by atoms with E-state index in [-0.39, 0.29) is 0 Å². The highest BCUT2D eigenvalue weighted by molar-refractivity contribution is 7.09. The predicted octanol–water partition coefficient (Wildman–Crippen LogP) is 2.98. The second kappa shape index (κ2) is 5.58. The van der Waals surface area contributed by atoms with E-state index in [1.807, 2.05) is 6.92 Å². The smallest absolute Gasteiger partial charge is 0.354 e. The van der Waals surface area contributed by atoms with E-state index >= 15 is 0 Å². The van der Waals surface area contributed by atoms with Crippen LogP contribution in [-0.2, 0) is 6.18 Å². The van der Waals surface area contributed by atoms with Gasteiger partial charge < -0.3 is 9.80 Å². The van der Waals surface area contributed by atoms with Gasteiger partial charge in [-0.15, -0.1) is 0 Å². The molecule has 4 heterocycles. The van der Waals surface area contributed by atoms with E-state index in [9.17, 15) is 13.2 Å². The quantitative estimate of drug-likeness (QED) is 0.829. The molecule has 2 atom stereocenters. The minimum absolute atomic E-state index is 0.321. The van der Waals surface area contributed by atoms with Crippen molar-refractivity contribution in [3.05, 3.63) is 29.7 Å². The van der Waals surface area contributed by atoms with Crippen LogP contribution in [0.2, 0.25) is 0 Å². The molecule has 2 aliphatic heterocycles. The van der Waals surface area contributed by atoms with Gasteiger partial charge in [0.15, 0.2) is 0 Å². The third kappa shape index (κ3) is 2.70. The molecule has 0 bridgehead atoms. The van der Waals surface area contributed by atoms with Gasteiger partial charge >= 0.3 is 6.18 Å². The van der Waals surface area contributed by atoms with Crippen molar-refractivity contribution in [2.24, 2.45) is 5.92 Å². The normalized spacial score (nSPS) is 23.8. The molecule has 24 heavy (non-hydrogen) atoms. The van der Waals surface area contributed by atoms with Gasteiger partial charge in [0.05, 0.1) is 11.6 Å². The van der Waals surface area contributed by atoms with Gasteiger partial charge in [0, 0.05) is 43.3 Å². The average Bonchev–Trinajstić information content (AvgIpc) is 3.21. The largest absolute Gasteiger partial charge is 0.417 e. The van der Waals surface area contributed by atoms with Crippen LogP contribution in [0.5, 0.6) is 0 Å². The van der Waals surface area contributed by atoms with Gasteiger partial charge in [-0.2, -0.15) is 17.5 Å². The second-order valence-corrected chi connectivity index (χ2v) is 6.97. The van der Waals surface area contributed by atoms with Gasteiger partial charge in [-0.05, 0) is 25.5 Å². The number of hydrogen-bond donors (Lipinski definition) is 0. The van der Waals surface area contributed by atoms with Crippen LogP contribution < -0.4 is 9.80 Å². The Kier molecular flexibility index (Phi) is 3.63. The van der Waals surface area contributed by atoms with Gasteiger partial charge in [-0.3, -0.25) is 0 Å². The number of halogens is 3. The lowest BCUT2D eigenvalue weighted by Crippen LogP contribution is -2.35. The van der Waals surface area contributed by atoms with Gasteiger partial charge in [0.25, 0.3) is 0 Å². The SMILES string of the molecule is Cc1nsc(N2CCC3CN(c4ccc(C(F)(F)F)cn4)CC32)n1. The Morgan fingerprint density at radius 1 is 1.25 bits per heavy atom. The molecule has 0 N–H and O–H groups in total. The Bertz CT molecular complexity index is 729. The molecule has 9 heteroatoms. The summed E-state index contributed by atoms with van der Waals surface area (Å²) in [5, 5.41) is 0.933. The first-order valence-corrected chi connectivity index (χ1v) is 8.54. The van der Waals surface area contributed by atoms with E-state index in [1.54, 1.807) is 0 Å². The van der Waals surface area contributed by atoms with Crippen molar-refractivity contribution < 1.29 is 13.2 Å². The molecule has 0 spiro atoms. The van der Waals surface area contributed by atoms with Crippen LogP contribution in [0.3, 0.4) is 0 Å². The van der Waals surface area contributed by atoms with Crippen LogP contribution in [0, 0.1) is 12.8 Å². The topological polar surface area (TPSA) is 45.2 Å². The summed E-state index contributed by atoms with van der Waals surface area (Å²) in [6.07, 6.45) is -2.38. The van der Waals surface area contributed by atoms with Crippen molar-refractivity contribution in [2.45, 2.75) is 25.6 Å². The van der Waals surface area contributed by atoms with Crippen LogP contribution in [0.4, 0.5) is 24.1 Å². The fourth-order valence-corrected chi connectivity index (χ4v) is 4.29. The maximum Gasteiger partial charge on any atom is 0.417 e. The van der Waals surface area contributed by atoms with Gasteiger partial charge in [-0.1, -0.05) is 0 Å². The van der Waals surface area contributed by atoms with Gasteiger partial charge in [0.1, 0.15) is 11.6 Å². The Morgan fingerprint density at radius 3 is 2.71 bits per heavy atom. The molecule has 2 fully saturated rings. The summed E-state index contributed by atoms with van der Waals surface area (Å²) in [5.41, 5.74) is -0.711. The molecule has 128 valence electrons. The fourth-order valence-electron chi connectivity index (χ4n) is 3.53. The molecule has 2 aliphatic rings. The number of aryl methyl sites for hydroxylation is 1. The molecule has 2 aromatic heterocycles. The molecule has 2 aromatic rings. The number of hydrogen-bond acceptors (Lipinski definition) is 6. The zero-order valence-corrected chi connectivity index (χ0v) is 13.8. The zero-order valence-electron chi connectivity index (χ0n) is 13.0. The Labute approximate surface area is 141 Å². The van der Waals surface area contributed by atoms with Crippen LogP contribution in [-0.4, -0.2) is 40.0 Å². The van der Waals surface area contributed by atoms with Gasteiger partial charge in [-0.25, -0.2) is 9.97 Å². The average molecular weight is 355 g/mol. The summed E-state index contributed by atoms with van der Waals surface area (Å²) in [7, 11) is 0. The van der Waals surface area contributed by atoms with Crippen molar-refractivity contribution in [1.82, 2.24) is 14.3 Å². The number of rotatable bonds is 2. The van der Waals surface area contributed by atoms with Crippen LogP contribution >= 0.6 is 11.5 Å². The number of nitrogens with zero attached hydrogens (tertiary/aromatic N) is 5. The summed E-state index contributed by atoms with van der Waals surface area (Å²) in [6, 6.07) is 2.88. The highest BCUT2D eigenvalue weighted by Crippen LogP contribution is 2.37. The molecule has 0 aromatic carbocycles. The van der Waals surface area contributed by atoms with Crippen molar-refractivity contribution >= 4 is 22.5 Å². The van der Waals surface area contributed by atoms with E-state index < -0.39 is 11.7 Å². The maximum atomic E-state index is 12.7. The van der Waals surface area contributed by atoms with Crippen LogP contribution in [0.1, 0.15) is 17.8 Å². The lowest BCUT2D eigenvalue weighted by Gasteiger charge is -2.24. The Balaban J connectivity index is 1.50. The minimum atomic E-state index is -4.35. The Morgan fingerprint density at radius 2 is 2.08 bits per heavy atom. The predicted molar refractivity (Wildman–Crippen MR) is 85.3 cm³/mol. The van der Waals surface area contributed by atoms with E-state index in [4.69, 9.17) is 0 Å². The molecule has 0 saturated carbocycles. The summed E-state index contributed by atoms with van der Waals surface area (Å²) < 4.78 is 42.2. The van der Waals surface area contributed by atoms with E-state index in [2.05, 4.69) is 24.1 Å².